The summed E-state index contributed by atoms with van der Waals surface area (Å²) in [4.78, 5) is 1.17. The molecule has 0 aromatic rings. The normalized spacial score (nSPS) is 44.8. The summed E-state index contributed by atoms with van der Waals surface area (Å²) in [7, 11) is 0. The number of rotatable bonds is 2. The second-order valence-corrected chi connectivity index (χ2v) is 5.15. The first kappa shape index (κ1) is 13.2. The molecule has 0 aromatic heterocycles. The Labute approximate surface area is 100 Å². The third-order valence-electron chi connectivity index (χ3n) is 3.75. The summed E-state index contributed by atoms with van der Waals surface area (Å²) in [6, 6.07) is 0. The molecule has 0 spiro atoms. The van der Waals surface area contributed by atoms with Crippen molar-refractivity contribution < 1.29 is 30.1 Å². The molecular weight excluding hydrogens is 226 g/mol. The van der Waals surface area contributed by atoms with Crippen LogP contribution in [-0.2, 0) is 4.74 Å². The fourth-order valence-electron chi connectivity index (χ4n) is 2.63. The molecule has 2 fully saturated rings. The molecule has 0 aliphatic carbocycles. The molecular formula is C11H22NO5+. The first-order valence-electron chi connectivity index (χ1n) is 6.27. The van der Waals surface area contributed by atoms with Gasteiger partial charge in [-0.25, -0.2) is 0 Å². The summed E-state index contributed by atoms with van der Waals surface area (Å²) >= 11 is 0. The Balaban J connectivity index is 1.97. The van der Waals surface area contributed by atoms with Gasteiger partial charge in [0.1, 0.15) is 24.9 Å². The molecule has 2 rings (SSSR count). The van der Waals surface area contributed by atoms with Gasteiger partial charge in [-0.1, -0.05) is 0 Å². The minimum Gasteiger partial charge on any atom is -0.388 e. The van der Waals surface area contributed by atoms with Crippen molar-refractivity contribution >= 4 is 0 Å². The largest absolute Gasteiger partial charge is 0.388 e. The third kappa shape index (κ3) is 2.78. The summed E-state index contributed by atoms with van der Waals surface area (Å²) in [5, 5.41) is 38.9. The van der Waals surface area contributed by atoms with Crippen LogP contribution in [0.2, 0.25) is 0 Å². The van der Waals surface area contributed by atoms with Crippen LogP contribution in [0, 0.1) is 0 Å². The maximum absolute atomic E-state index is 10.2. The number of likely N-dealkylation sites (tertiary alicyclic amines) is 1. The molecule has 0 amide bonds. The van der Waals surface area contributed by atoms with Crippen molar-refractivity contribution in [3.8, 4) is 0 Å². The Morgan fingerprint density at radius 2 is 1.76 bits per heavy atom. The Bertz CT molecular complexity index is 258. The van der Waals surface area contributed by atoms with E-state index in [1.54, 1.807) is 0 Å². The average Bonchev–Trinajstić information content (AvgIpc) is 2.34. The van der Waals surface area contributed by atoms with E-state index in [4.69, 9.17) is 4.74 Å². The van der Waals surface area contributed by atoms with Crippen molar-refractivity contribution in [3.63, 3.8) is 0 Å². The summed E-state index contributed by atoms with van der Waals surface area (Å²) in [5.74, 6) is -1.74. The van der Waals surface area contributed by atoms with E-state index in [0.29, 0.717) is 0 Å². The molecule has 2 aliphatic heterocycles. The number of quaternary nitrogens is 1. The first-order chi connectivity index (χ1) is 8.03. The lowest BCUT2D eigenvalue weighted by Crippen LogP contribution is -3.15. The second kappa shape index (κ2) is 5.17. The lowest BCUT2D eigenvalue weighted by atomic mass is 9.96. The van der Waals surface area contributed by atoms with Gasteiger partial charge in [0.05, 0.1) is 19.7 Å². The number of aliphatic hydroxyl groups excluding tert-OH is 3. The molecule has 6 nitrogen and oxygen atoms in total. The quantitative estimate of drug-likeness (QED) is 0.356. The topological polar surface area (TPSA) is 94.6 Å². The molecule has 0 bridgehead atoms. The molecule has 0 unspecified atom stereocenters. The Kier molecular flexibility index (Phi) is 4.02. The van der Waals surface area contributed by atoms with Crippen molar-refractivity contribution in [2.75, 3.05) is 26.2 Å². The molecule has 17 heavy (non-hydrogen) atoms. The highest BCUT2D eigenvalue weighted by Crippen LogP contribution is 2.22. The van der Waals surface area contributed by atoms with Gasteiger partial charge in [-0.05, 0) is 19.3 Å². The van der Waals surface area contributed by atoms with Crippen LogP contribution in [0.25, 0.3) is 0 Å². The molecule has 2 aliphatic rings. The maximum Gasteiger partial charge on any atom is 0.245 e. The zero-order chi connectivity index (χ0) is 12.5. The van der Waals surface area contributed by atoms with Crippen LogP contribution in [0.4, 0.5) is 0 Å². The van der Waals surface area contributed by atoms with E-state index in [9.17, 15) is 20.4 Å². The summed E-state index contributed by atoms with van der Waals surface area (Å²) in [5.41, 5.74) is 0. The highest BCUT2D eigenvalue weighted by Gasteiger charge is 2.50. The van der Waals surface area contributed by atoms with Crippen LogP contribution in [-0.4, -0.2) is 70.8 Å². The number of ether oxygens (including phenoxy) is 1. The highest BCUT2D eigenvalue weighted by molar-refractivity contribution is 4.91. The first-order valence-corrected chi connectivity index (χ1v) is 6.27. The Morgan fingerprint density at radius 1 is 1.12 bits per heavy atom. The number of hydrogen-bond donors (Lipinski definition) is 5. The molecule has 6 heteroatoms. The van der Waals surface area contributed by atoms with Gasteiger partial charge in [0.25, 0.3) is 0 Å². The second-order valence-electron chi connectivity index (χ2n) is 5.15. The summed E-state index contributed by atoms with van der Waals surface area (Å²) in [6.45, 7) is 1.98. The molecule has 4 atom stereocenters. The lowest BCUT2D eigenvalue weighted by molar-refractivity contribution is -0.916. The van der Waals surface area contributed by atoms with E-state index in [1.807, 2.05) is 0 Å². The lowest BCUT2D eigenvalue weighted by Gasteiger charge is -2.42. The van der Waals surface area contributed by atoms with E-state index in [0.717, 1.165) is 25.9 Å². The number of hydrogen-bond acceptors (Lipinski definition) is 5. The van der Waals surface area contributed by atoms with Crippen LogP contribution in [0.3, 0.4) is 0 Å². The molecule has 0 radical (unpaired) electrons. The molecule has 5 N–H and O–H groups in total. The van der Waals surface area contributed by atoms with Crippen LogP contribution in [0.15, 0.2) is 0 Å². The molecule has 0 aromatic carbocycles. The van der Waals surface area contributed by atoms with Gasteiger partial charge in [0.2, 0.25) is 5.79 Å². The number of aliphatic hydroxyl groups is 4. The van der Waals surface area contributed by atoms with Gasteiger partial charge in [0, 0.05) is 0 Å². The van der Waals surface area contributed by atoms with E-state index in [2.05, 4.69) is 0 Å². The molecule has 100 valence electrons. The van der Waals surface area contributed by atoms with Crippen molar-refractivity contribution in [3.05, 3.63) is 0 Å². The van der Waals surface area contributed by atoms with Gasteiger partial charge < -0.3 is 30.1 Å². The van der Waals surface area contributed by atoms with Gasteiger partial charge in [-0.3, -0.25) is 0 Å². The van der Waals surface area contributed by atoms with Gasteiger partial charge in [-0.15, -0.1) is 0 Å². The van der Waals surface area contributed by atoms with Gasteiger partial charge in [0.15, 0.2) is 0 Å². The fourth-order valence-corrected chi connectivity index (χ4v) is 2.63. The van der Waals surface area contributed by atoms with E-state index in [1.165, 1.54) is 11.3 Å². The predicted octanol–water partition coefficient (Wildman–Crippen LogP) is -3.14. The van der Waals surface area contributed by atoms with Crippen LogP contribution < -0.4 is 4.90 Å². The number of piperidine rings is 1. The number of nitrogens with one attached hydrogen (secondary N) is 1. The third-order valence-corrected chi connectivity index (χ3v) is 3.75. The SMILES string of the molecule is O[C@@H]1[C@H](O)CO[C@](O)(C[NH+]2CCCCC2)[C@H]1O. The molecule has 0 saturated carbocycles. The zero-order valence-corrected chi connectivity index (χ0v) is 9.88. The zero-order valence-electron chi connectivity index (χ0n) is 9.88. The van der Waals surface area contributed by atoms with Crippen molar-refractivity contribution in [1.82, 2.24) is 0 Å². The monoisotopic (exact) mass is 248 g/mol. The van der Waals surface area contributed by atoms with Gasteiger partial charge >= 0.3 is 0 Å². The van der Waals surface area contributed by atoms with Crippen LogP contribution >= 0.6 is 0 Å². The minimum atomic E-state index is -1.74. The van der Waals surface area contributed by atoms with Crippen LogP contribution in [0.5, 0.6) is 0 Å². The average molecular weight is 248 g/mol. The van der Waals surface area contributed by atoms with Gasteiger partial charge in [-0.2, -0.15) is 0 Å². The standard InChI is InChI=1S/C11H21NO5/c13-8-6-17-11(16,10(15)9(8)14)7-12-4-2-1-3-5-12/h8-10,13-16H,1-7H2/p+1/t8-,9-,10+,11-/m1/s1. The minimum absolute atomic E-state index is 0.151. The van der Waals surface area contributed by atoms with E-state index >= 15 is 0 Å². The smallest absolute Gasteiger partial charge is 0.245 e. The summed E-state index contributed by atoms with van der Waals surface area (Å²) in [6.07, 6.45) is -0.535. The Hall–Kier alpha value is -0.240. The van der Waals surface area contributed by atoms with Crippen molar-refractivity contribution in [1.29, 1.82) is 0 Å². The van der Waals surface area contributed by atoms with Crippen molar-refractivity contribution in [2.45, 2.75) is 43.4 Å². The molecule has 2 heterocycles. The van der Waals surface area contributed by atoms with Crippen molar-refractivity contribution in [2.24, 2.45) is 0 Å². The Morgan fingerprint density at radius 3 is 2.41 bits per heavy atom. The maximum atomic E-state index is 10.2. The summed E-state index contributed by atoms with van der Waals surface area (Å²) < 4.78 is 5.14. The van der Waals surface area contributed by atoms with E-state index in [-0.39, 0.29) is 13.2 Å². The fraction of sp³-hybridized carbons (Fsp3) is 1.00. The van der Waals surface area contributed by atoms with Crippen LogP contribution in [0.1, 0.15) is 19.3 Å². The molecule has 2 saturated heterocycles. The highest BCUT2D eigenvalue weighted by atomic mass is 16.6. The predicted molar refractivity (Wildman–Crippen MR) is 58.3 cm³/mol. The van der Waals surface area contributed by atoms with E-state index < -0.39 is 24.1 Å².